The van der Waals surface area contributed by atoms with E-state index in [1.165, 1.54) is 11.1 Å². The minimum atomic E-state index is 0.00606. The first-order valence-corrected chi connectivity index (χ1v) is 7.10. The molecule has 108 valence electrons. The maximum atomic E-state index is 12.1. The van der Waals surface area contributed by atoms with Gasteiger partial charge in [0.25, 0.3) is 0 Å². The van der Waals surface area contributed by atoms with Crippen molar-refractivity contribution in [3.8, 4) is 12.8 Å². The van der Waals surface area contributed by atoms with Crippen LogP contribution in [0.2, 0.25) is 0 Å². The van der Waals surface area contributed by atoms with Crippen LogP contribution in [0, 0.1) is 35.5 Å². The Morgan fingerprint density at radius 1 is 1.05 bits per heavy atom. The molecule has 1 aliphatic rings. The molecule has 0 fully saturated rings. The summed E-state index contributed by atoms with van der Waals surface area (Å²) in [4.78, 5) is 12.1. The summed E-state index contributed by atoms with van der Waals surface area (Å²) in [6, 6.07) is 0. The summed E-state index contributed by atoms with van der Waals surface area (Å²) < 4.78 is 0. The van der Waals surface area contributed by atoms with E-state index in [0.29, 0.717) is 11.7 Å². The largest absolute Gasteiger partial charge is 0.300 e. The minimum absolute atomic E-state index is 0.00606. The van der Waals surface area contributed by atoms with Crippen LogP contribution in [0.5, 0.6) is 0 Å². The maximum absolute atomic E-state index is 12.1. The fraction of sp³-hybridized carbons (Fsp3) is 0.722. The van der Waals surface area contributed by atoms with Crippen LogP contribution in [0.15, 0.2) is 11.1 Å². The van der Waals surface area contributed by atoms with Gasteiger partial charge in [-0.05, 0) is 37.5 Å². The van der Waals surface area contributed by atoms with E-state index in [9.17, 15) is 4.79 Å². The first-order valence-electron chi connectivity index (χ1n) is 7.10. The van der Waals surface area contributed by atoms with Crippen molar-refractivity contribution in [2.45, 2.75) is 61.8 Å². The molecule has 1 unspecified atom stereocenters. The van der Waals surface area contributed by atoms with Gasteiger partial charge >= 0.3 is 0 Å². The minimum Gasteiger partial charge on any atom is -0.300 e. The van der Waals surface area contributed by atoms with Gasteiger partial charge in [0.1, 0.15) is 5.78 Å². The van der Waals surface area contributed by atoms with Gasteiger partial charge in [-0.3, -0.25) is 4.79 Å². The van der Waals surface area contributed by atoms with Gasteiger partial charge in [0.15, 0.2) is 0 Å². The summed E-state index contributed by atoms with van der Waals surface area (Å²) in [7, 11) is 0. The van der Waals surface area contributed by atoms with Crippen LogP contribution in [0.1, 0.15) is 61.8 Å². The highest BCUT2D eigenvalue weighted by atomic mass is 16.1. The second-order valence-corrected chi connectivity index (χ2v) is 6.80. The molecule has 0 radical (unpaired) electrons. The molecule has 2 atom stereocenters. The average molecular weight is 262 g/mol. The standard InChI is InChI=1S/C16H28O.C2H2/c1-9-13-14(12(4)17)16(7,8)11(3)10(2)15(13,5)6;1-2/h13-14H,9H2,1-8H3;1-2H/t13-,14?;/m0./s1. The predicted molar refractivity (Wildman–Crippen MR) is 83.8 cm³/mol. The Hall–Kier alpha value is -1.03. The molecular weight excluding hydrogens is 232 g/mol. The lowest BCUT2D eigenvalue weighted by Gasteiger charge is -2.52. The summed E-state index contributed by atoms with van der Waals surface area (Å²) >= 11 is 0. The SMILES string of the molecule is C#C.CC[C@H]1C(C(C)=O)C(C)(C)C(C)=C(C)C1(C)C. The molecule has 1 aliphatic carbocycles. The number of allylic oxidation sites excluding steroid dienone is 2. The van der Waals surface area contributed by atoms with Gasteiger partial charge in [-0.2, -0.15) is 0 Å². The highest BCUT2D eigenvalue weighted by molar-refractivity contribution is 5.80. The smallest absolute Gasteiger partial charge is 0.134 e. The molecule has 0 spiro atoms. The van der Waals surface area contributed by atoms with E-state index < -0.39 is 0 Å². The third kappa shape index (κ3) is 2.78. The van der Waals surface area contributed by atoms with Crippen LogP contribution < -0.4 is 0 Å². The van der Waals surface area contributed by atoms with Crippen LogP contribution in [0.3, 0.4) is 0 Å². The Balaban J connectivity index is 0.00000154. The molecule has 0 bridgehead atoms. The van der Waals surface area contributed by atoms with Crippen LogP contribution in [0.25, 0.3) is 0 Å². The zero-order chi connectivity index (χ0) is 15.6. The van der Waals surface area contributed by atoms with E-state index in [-0.39, 0.29) is 16.7 Å². The highest BCUT2D eigenvalue weighted by Crippen LogP contribution is 2.56. The molecule has 0 aromatic rings. The monoisotopic (exact) mass is 262 g/mol. The van der Waals surface area contributed by atoms with Gasteiger partial charge in [0, 0.05) is 5.92 Å². The van der Waals surface area contributed by atoms with Crippen LogP contribution in [0.4, 0.5) is 0 Å². The van der Waals surface area contributed by atoms with Crippen molar-refractivity contribution in [2.75, 3.05) is 0 Å². The van der Waals surface area contributed by atoms with Crippen molar-refractivity contribution in [1.29, 1.82) is 0 Å². The number of hydrogen-bond donors (Lipinski definition) is 0. The van der Waals surface area contributed by atoms with E-state index in [1.54, 1.807) is 6.92 Å². The van der Waals surface area contributed by atoms with E-state index in [4.69, 9.17) is 0 Å². The number of Topliss-reactive ketones (excluding diaryl/α,β-unsaturated/α-hetero) is 1. The Labute approximate surface area is 119 Å². The van der Waals surface area contributed by atoms with Crippen molar-refractivity contribution in [3.63, 3.8) is 0 Å². The number of carbonyl (C=O) groups is 1. The van der Waals surface area contributed by atoms with Crippen LogP contribution in [-0.2, 0) is 4.79 Å². The Kier molecular flexibility index (Phi) is 5.63. The van der Waals surface area contributed by atoms with Gasteiger partial charge in [0.2, 0.25) is 0 Å². The third-order valence-corrected chi connectivity index (χ3v) is 5.48. The molecular formula is C18H30O. The topological polar surface area (TPSA) is 17.1 Å². The second kappa shape index (κ2) is 5.95. The summed E-state index contributed by atoms with van der Waals surface area (Å²) in [6.07, 6.45) is 9.07. The lowest BCUT2D eigenvalue weighted by molar-refractivity contribution is -0.128. The normalized spacial score (nSPS) is 28.3. The lowest BCUT2D eigenvalue weighted by Crippen LogP contribution is -2.48. The first kappa shape index (κ1) is 18.0. The van der Waals surface area contributed by atoms with Crippen molar-refractivity contribution >= 4 is 5.78 Å². The molecule has 0 aromatic carbocycles. The quantitative estimate of drug-likeness (QED) is 0.512. The number of hydrogen-bond acceptors (Lipinski definition) is 1. The van der Waals surface area contributed by atoms with Gasteiger partial charge in [-0.1, -0.05) is 52.2 Å². The molecule has 0 saturated carbocycles. The summed E-state index contributed by atoms with van der Waals surface area (Å²) in [6.45, 7) is 17.5. The van der Waals surface area contributed by atoms with E-state index in [0.717, 1.165) is 6.42 Å². The molecule has 0 heterocycles. The van der Waals surface area contributed by atoms with Gasteiger partial charge in [-0.25, -0.2) is 0 Å². The summed E-state index contributed by atoms with van der Waals surface area (Å²) in [5.74, 6) is 0.965. The number of ketones is 1. The molecule has 19 heavy (non-hydrogen) atoms. The maximum Gasteiger partial charge on any atom is 0.134 e. The number of terminal acetylenes is 1. The molecule has 0 amide bonds. The first-order chi connectivity index (χ1) is 8.58. The molecule has 0 aliphatic heterocycles. The van der Waals surface area contributed by atoms with E-state index in [1.807, 2.05) is 0 Å². The van der Waals surface area contributed by atoms with Crippen LogP contribution in [-0.4, -0.2) is 5.78 Å². The van der Waals surface area contributed by atoms with Crippen molar-refractivity contribution in [1.82, 2.24) is 0 Å². The summed E-state index contributed by atoms with van der Waals surface area (Å²) in [5.41, 5.74) is 3.04. The number of rotatable bonds is 2. The Morgan fingerprint density at radius 3 is 1.74 bits per heavy atom. The van der Waals surface area contributed by atoms with Gasteiger partial charge < -0.3 is 0 Å². The van der Waals surface area contributed by atoms with Crippen molar-refractivity contribution < 1.29 is 4.79 Å². The molecule has 0 saturated heterocycles. The zero-order valence-electron chi connectivity index (χ0n) is 13.9. The Bertz CT molecular complexity index is 393. The lowest BCUT2D eigenvalue weighted by atomic mass is 9.51. The fourth-order valence-electron chi connectivity index (χ4n) is 3.93. The molecule has 1 rings (SSSR count). The summed E-state index contributed by atoms with van der Waals surface area (Å²) in [5, 5.41) is 0. The zero-order valence-corrected chi connectivity index (χ0v) is 13.9. The van der Waals surface area contributed by atoms with Crippen LogP contribution >= 0.6 is 0 Å². The Morgan fingerprint density at radius 2 is 1.42 bits per heavy atom. The number of carbonyl (C=O) groups excluding carboxylic acids is 1. The van der Waals surface area contributed by atoms with Crippen molar-refractivity contribution in [2.24, 2.45) is 22.7 Å². The van der Waals surface area contributed by atoms with E-state index in [2.05, 4.69) is 61.3 Å². The third-order valence-electron chi connectivity index (χ3n) is 5.48. The molecule has 1 heteroatoms. The van der Waals surface area contributed by atoms with Gasteiger partial charge in [0.05, 0.1) is 0 Å². The second-order valence-electron chi connectivity index (χ2n) is 6.80. The molecule has 0 aromatic heterocycles. The predicted octanol–water partition coefficient (Wildman–Crippen LogP) is 4.87. The van der Waals surface area contributed by atoms with E-state index >= 15 is 0 Å². The fourth-order valence-corrected chi connectivity index (χ4v) is 3.93. The van der Waals surface area contributed by atoms with Crippen molar-refractivity contribution in [3.05, 3.63) is 11.1 Å². The van der Waals surface area contributed by atoms with Gasteiger partial charge in [-0.15, -0.1) is 12.8 Å². The average Bonchev–Trinajstić information content (AvgIpc) is 2.33. The molecule has 1 nitrogen and oxygen atoms in total. The highest BCUT2D eigenvalue weighted by Gasteiger charge is 2.50. The molecule has 0 N–H and O–H groups in total.